The predicted octanol–water partition coefficient (Wildman–Crippen LogP) is 5.04. The summed E-state index contributed by atoms with van der Waals surface area (Å²) in [5, 5.41) is 19.7. The molecule has 1 fully saturated rings. The van der Waals surface area contributed by atoms with Crippen LogP contribution in [0.25, 0.3) is 0 Å². The molecule has 0 unspecified atom stereocenters. The fraction of sp³-hybridized carbons (Fsp3) is 0.333. The summed E-state index contributed by atoms with van der Waals surface area (Å²) in [5.74, 6) is 1.50. The molecule has 4 heteroatoms. The molecule has 3 aromatic carbocycles. The van der Waals surface area contributed by atoms with Crippen LogP contribution in [0.2, 0.25) is 0 Å². The van der Waals surface area contributed by atoms with Gasteiger partial charge in [-0.3, -0.25) is 0 Å². The van der Waals surface area contributed by atoms with Crippen LogP contribution in [-0.4, -0.2) is 41.4 Å². The molecule has 160 valence electrons. The molecule has 2 aliphatic rings. The van der Waals surface area contributed by atoms with E-state index in [1.807, 2.05) is 18.2 Å². The number of hydrogen-bond donors (Lipinski definition) is 2. The Hall–Kier alpha value is -2.98. The topological polar surface area (TPSA) is 52.9 Å². The average Bonchev–Trinajstić information content (AvgIpc) is 3.32. The number of aromatic hydroxyl groups is 2. The summed E-state index contributed by atoms with van der Waals surface area (Å²) in [6, 6.07) is 21.9. The molecule has 5 rings (SSSR count). The smallest absolute Gasteiger partial charge is 0.126 e. The largest absolute Gasteiger partial charge is 0.508 e. The second-order valence-corrected chi connectivity index (χ2v) is 8.75. The van der Waals surface area contributed by atoms with E-state index >= 15 is 0 Å². The van der Waals surface area contributed by atoms with Crippen molar-refractivity contribution in [3.8, 4) is 17.2 Å². The van der Waals surface area contributed by atoms with Gasteiger partial charge in [-0.2, -0.15) is 0 Å². The zero-order valence-corrected chi connectivity index (χ0v) is 17.7. The standard InChI is InChI=1S/C27H29NO3/c29-22-9-7-20(8-10-22)25-18-31-26-17-23(30)11-12-24(26)27(25)21-5-3-19(4-6-21)13-16-28-14-1-2-15-28/h3-12,17,25,27,29-30H,1-2,13-16,18H2/t25-,27-/m0/s1. The van der Waals surface area contributed by atoms with E-state index in [2.05, 4.69) is 29.2 Å². The summed E-state index contributed by atoms with van der Waals surface area (Å²) in [6.45, 7) is 4.13. The third kappa shape index (κ3) is 4.26. The molecule has 0 aliphatic carbocycles. The van der Waals surface area contributed by atoms with Crippen LogP contribution < -0.4 is 4.74 Å². The van der Waals surface area contributed by atoms with Crippen LogP contribution in [-0.2, 0) is 6.42 Å². The summed E-state index contributed by atoms with van der Waals surface area (Å²) in [6.07, 6.45) is 3.74. The molecule has 0 radical (unpaired) electrons. The summed E-state index contributed by atoms with van der Waals surface area (Å²) in [4.78, 5) is 2.55. The molecular formula is C27H29NO3. The van der Waals surface area contributed by atoms with Gasteiger partial charge in [-0.25, -0.2) is 0 Å². The van der Waals surface area contributed by atoms with Gasteiger partial charge in [0.25, 0.3) is 0 Å². The first-order valence-electron chi connectivity index (χ1n) is 11.2. The van der Waals surface area contributed by atoms with Crippen molar-refractivity contribution in [3.63, 3.8) is 0 Å². The lowest BCUT2D eigenvalue weighted by Crippen LogP contribution is -2.25. The average molecular weight is 416 g/mol. The van der Waals surface area contributed by atoms with Gasteiger partial charge in [0.2, 0.25) is 0 Å². The maximum Gasteiger partial charge on any atom is 0.126 e. The maximum absolute atomic E-state index is 9.93. The number of fused-ring (bicyclic) bond motifs is 1. The van der Waals surface area contributed by atoms with Gasteiger partial charge in [-0.1, -0.05) is 42.5 Å². The van der Waals surface area contributed by atoms with E-state index in [1.165, 1.54) is 37.1 Å². The van der Waals surface area contributed by atoms with Crippen molar-refractivity contribution in [3.05, 3.63) is 89.0 Å². The van der Waals surface area contributed by atoms with Crippen molar-refractivity contribution in [2.75, 3.05) is 26.2 Å². The Balaban J connectivity index is 1.44. The quantitative estimate of drug-likeness (QED) is 0.613. The molecule has 2 heterocycles. The Labute approximate surface area is 183 Å². The molecule has 0 amide bonds. The van der Waals surface area contributed by atoms with Crippen LogP contribution in [0.5, 0.6) is 17.2 Å². The second kappa shape index (κ2) is 8.64. The molecule has 2 atom stereocenters. The van der Waals surface area contributed by atoms with Gasteiger partial charge in [0.05, 0.1) is 6.61 Å². The van der Waals surface area contributed by atoms with Gasteiger partial charge in [0, 0.05) is 30.0 Å². The minimum Gasteiger partial charge on any atom is -0.508 e. The number of phenols is 2. The van der Waals surface area contributed by atoms with Crippen LogP contribution in [0.1, 0.15) is 46.9 Å². The van der Waals surface area contributed by atoms with Crippen LogP contribution in [0.15, 0.2) is 66.7 Å². The number of hydrogen-bond acceptors (Lipinski definition) is 4. The van der Waals surface area contributed by atoms with E-state index < -0.39 is 0 Å². The number of rotatable bonds is 5. The van der Waals surface area contributed by atoms with Crippen LogP contribution >= 0.6 is 0 Å². The van der Waals surface area contributed by atoms with Gasteiger partial charge in [0.1, 0.15) is 17.2 Å². The molecule has 0 bridgehead atoms. The summed E-state index contributed by atoms with van der Waals surface area (Å²) in [5.41, 5.74) is 4.85. The normalized spacial score (nSPS) is 20.9. The number of ether oxygens (including phenoxy) is 1. The molecule has 2 aliphatic heterocycles. The fourth-order valence-corrected chi connectivity index (χ4v) is 5.00. The van der Waals surface area contributed by atoms with E-state index in [4.69, 9.17) is 4.74 Å². The zero-order valence-electron chi connectivity index (χ0n) is 17.7. The Morgan fingerprint density at radius 1 is 0.806 bits per heavy atom. The highest BCUT2D eigenvalue weighted by molar-refractivity contribution is 5.50. The Bertz CT molecular complexity index is 1020. The summed E-state index contributed by atoms with van der Waals surface area (Å²) in [7, 11) is 0. The molecule has 31 heavy (non-hydrogen) atoms. The molecule has 1 saturated heterocycles. The third-order valence-corrected chi connectivity index (χ3v) is 6.73. The van der Waals surface area contributed by atoms with Crippen molar-refractivity contribution >= 4 is 0 Å². The van der Waals surface area contributed by atoms with E-state index in [9.17, 15) is 10.2 Å². The lowest BCUT2D eigenvalue weighted by Gasteiger charge is -2.34. The predicted molar refractivity (Wildman–Crippen MR) is 122 cm³/mol. The zero-order chi connectivity index (χ0) is 21.2. The number of phenolic OH excluding ortho intramolecular Hbond substituents is 2. The van der Waals surface area contributed by atoms with Crippen molar-refractivity contribution in [1.82, 2.24) is 4.90 Å². The van der Waals surface area contributed by atoms with E-state index in [0.29, 0.717) is 6.61 Å². The monoisotopic (exact) mass is 415 g/mol. The number of benzene rings is 3. The summed E-state index contributed by atoms with van der Waals surface area (Å²) < 4.78 is 6.04. The van der Waals surface area contributed by atoms with Gasteiger partial charge >= 0.3 is 0 Å². The molecule has 0 spiro atoms. The first-order valence-corrected chi connectivity index (χ1v) is 11.2. The molecule has 0 aromatic heterocycles. The van der Waals surface area contributed by atoms with Crippen LogP contribution in [0.3, 0.4) is 0 Å². The highest BCUT2D eigenvalue weighted by atomic mass is 16.5. The van der Waals surface area contributed by atoms with E-state index in [-0.39, 0.29) is 23.3 Å². The second-order valence-electron chi connectivity index (χ2n) is 8.75. The highest BCUT2D eigenvalue weighted by Gasteiger charge is 2.33. The molecule has 3 aromatic rings. The Morgan fingerprint density at radius 2 is 1.48 bits per heavy atom. The van der Waals surface area contributed by atoms with E-state index in [1.54, 1.807) is 24.3 Å². The lowest BCUT2D eigenvalue weighted by atomic mass is 9.75. The Kier molecular flexibility index (Phi) is 5.56. The SMILES string of the molecule is Oc1ccc([C@@H]2COc3cc(O)ccc3[C@@H]2c2ccc(CCN3CCCC3)cc2)cc1. The maximum atomic E-state index is 9.93. The fourth-order valence-electron chi connectivity index (χ4n) is 5.00. The van der Waals surface area contributed by atoms with Gasteiger partial charge in [0.15, 0.2) is 0 Å². The summed E-state index contributed by atoms with van der Waals surface area (Å²) >= 11 is 0. The van der Waals surface area contributed by atoms with Crippen molar-refractivity contribution in [1.29, 1.82) is 0 Å². The van der Waals surface area contributed by atoms with E-state index in [0.717, 1.165) is 29.8 Å². The third-order valence-electron chi connectivity index (χ3n) is 6.73. The van der Waals surface area contributed by atoms with Gasteiger partial charge < -0.3 is 19.8 Å². The minimum atomic E-state index is 0.126. The minimum absolute atomic E-state index is 0.126. The van der Waals surface area contributed by atoms with Crippen LogP contribution in [0, 0.1) is 0 Å². The van der Waals surface area contributed by atoms with Gasteiger partial charge in [-0.05, 0) is 67.2 Å². The van der Waals surface area contributed by atoms with Crippen molar-refractivity contribution in [2.24, 2.45) is 0 Å². The first kappa shape index (κ1) is 20.0. The van der Waals surface area contributed by atoms with Crippen LogP contribution in [0.4, 0.5) is 0 Å². The molecule has 2 N–H and O–H groups in total. The van der Waals surface area contributed by atoms with Crippen molar-refractivity contribution < 1.29 is 14.9 Å². The Morgan fingerprint density at radius 3 is 2.23 bits per heavy atom. The first-order chi connectivity index (χ1) is 15.2. The molecule has 4 nitrogen and oxygen atoms in total. The number of likely N-dealkylation sites (tertiary alicyclic amines) is 1. The number of nitrogens with zero attached hydrogens (tertiary/aromatic N) is 1. The molecule has 0 saturated carbocycles. The molecular weight excluding hydrogens is 386 g/mol. The highest BCUT2D eigenvalue weighted by Crippen LogP contribution is 2.47. The lowest BCUT2D eigenvalue weighted by molar-refractivity contribution is 0.247. The van der Waals surface area contributed by atoms with Gasteiger partial charge in [-0.15, -0.1) is 0 Å². The van der Waals surface area contributed by atoms with Crippen molar-refractivity contribution in [2.45, 2.75) is 31.1 Å².